The van der Waals surface area contributed by atoms with E-state index in [0.29, 0.717) is 0 Å². The Morgan fingerprint density at radius 2 is 0.793 bits per heavy atom. The zero-order valence-corrected chi connectivity index (χ0v) is 16.1. The predicted molar refractivity (Wildman–Crippen MR) is 114 cm³/mol. The van der Waals surface area contributed by atoms with Gasteiger partial charge in [0.25, 0.3) is 0 Å². The molecular formula is C23H17BF4S. The minimum atomic E-state index is -3.67. The van der Waals surface area contributed by atoms with E-state index in [-0.39, 0.29) is 4.70 Å². The Morgan fingerprint density at radius 3 is 1.14 bits per heavy atom. The largest absolute Gasteiger partial charge is 1.00 e. The second kappa shape index (κ2) is 11.1. The van der Waals surface area contributed by atoms with Gasteiger partial charge in [-0.3, -0.25) is 12.9 Å². The second-order valence-electron chi connectivity index (χ2n) is 5.92. The first kappa shape index (κ1) is 22.3. The van der Waals surface area contributed by atoms with Gasteiger partial charge < -0.3 is 4.70 Å². The van der Waals surface area contributed by atoms with Gasteiger partial charge in [-0.25, -0.2) is 0 Å². The predicted octanol–water partition coefficient (Wildman–Crippen LogP) is 4.91. The molecule has 29 heavy (non-hydrogen) atoms. The fourth-order valence-corrected chi connectivity index (χ4v) is 3.90. The van der Waals surface area contributed by atoms with Crippen molar-refractivity contribution in [3.05, 3.63) is 103 Å². The normalized spacial score (nSPS) is 9.62. The smallest absolute Gasteiger partial charge is 0.762 e. The van der Waals surface area contributed by atoms with Crippen molar-refractivity contribution >= 4 is 18.9 Å². The van der Waals surface area contributed by atoms with Crippen molar-refractivity contribution in [1.29, 1.82) is 0 Å². The van der Waals surface area contributed by atoms with Crippen LogP contribution in [-0.2, 0) is 0 Å². The van der Waals surface area contributed by atoms with Crippen LogP contribution in [0.5, 0.6) is 0 Å². The average Bonchev–Trinajstić information content (AvgIpc) is 2.75. The molecule has 0 saturated heterocycles. The highest BCUT2D eigenvalue weighted by Crippen LogP contribution is 2.37. The molecule has 3 aromatic carbocycles. The van der Waals surface area contributed by atoms with Crippen LogP contribution in [0, 0.1) is 0 Å². The molecule has 0 N–H and O–H groups in total. The maximum atomic E-state index is 9.67. The van der Waals surface area contributed by atoms with Crippen LogP contribution in [0.2, 0.25) is 0 Å². The van der Waals surface area contributed by atoms with Gasteiger partial charge in [-0.1, -0.05) is 66.7 Å². The van der Waals surface area contributed by atoms with Crippen LogP contribution in [-0.4, -0.2) is 7.54 Å². The maximum absolute atomic E-state index is 9.67. The third-order valence-electron chi connectivity index (χ3n) is 4.02. The Bertz CT molecular complexity index is 855. The second-order valence-corrected chi connectivity index (χ2v) is 7.00. The molecule has 146 valence electrons. The van der Waals surface area contributed by atoms with E-state index in [9.17, 15) is 12.9 Å². The summed E-state index contributed by atoms with van der Waals surface area (Å²) in [6, 6.07) is 36.4. The summed E-state index contributed by atoms with van der Waals surface area (Å²) >= 11 is 1.84. The van der Waals surface area contributed by atoms with Gasteiger partial charge in [0.2, 0.25) is 21.1 Å². The van der Waals surface area contributed by atoms with E-state index in [1.165, 1.54) is 32.0 Å². The van der Waals surface area contributed by atoms with Crippen LogP contribution in [0.25, 0.3) is 32.0 Å². The van der Waals surface area contributed by atoms with Crippen LogP contribution in [0.3, 0.4) is 0 Å². The Hall–Kier alpha value is -2.99. The van der Waals surface area contributed by atoms with E-state index in [2.05, 4.69) is 103 Å². The molecular weight excluding hydrogens is 395 g/mol. The molecule has 6 heteroatoms. The van der Waals surface area contributed by atoms with Crippen molar-refractivity contribution in [2.45, 2.75) is 0 Å². The number of hydrogen-bond acceptors (Lipinski definition) is 0. The molecule has 1 aromatic heterocycles. The molecule has 0 aliphatic carbocycles. The summed E-state index contributed by atoms with van der Waals surface area (Å²) < 4.78 is 29.0. The molecule has 4 rings (SSSR count). The molecule has 0 fully saturated rings. The monoisotopic (exact) mass is 412 g/mol. The highest BCUT2D eigenvalue weighted by atomic mass is 32.1. The molecule has 0 spiro atoms. The third-order valence-corrected chi connectivity index (χ3v) is 5.16. The molecule has 0 bridgehead atoms. The van der Waals surface area contributed by atoms with Gasteiger partial charge in [-0.05, 0) is 35.4 Å². The van der Waals surface area contributed by atoms with Crippen LogP contribution < -0.4 is 4.70 Å². The van der Waals surface area contributed by atoms with Crippen LogP contribution in [0.15, 0.2) is 103 Å². The van der Waals surface area contributed by atoms with Crippen molar-refractivity contribution in [3.8, 4) is 32.0 Å². The highest BCUT2D eigenvalue weighted by molar-refractivity contribution is 7.18. The minimum Gasteiger partial charge on any atom is -1.00 e. The van der Waals surface area contributed by atoms with E-state index in [0.717, 1.165) is 0 Å². The Morgan fingerprint density at radius 1 is 0.483 bits per heavy atom. The Balaban J connectivity index is 0.000000552. The van der Waals surface area contributed by atoms with E-state index in [1.807, 2.05) is 11.3 Å². The number of halogens is 4. The first-order valence-corrected chi connectivity index (χ1v) is 9.52. The van der Waals surface area contributed by atoms with Gasteiger partial charge >= 0.3 is 7.54 Å². The van der Waals surface area contributed by atoms with Crippen LogP contribution in [0.1, 0.15) is 0 Å². The zero-order valence-electron chi connectivity index (χ0n) is 15.3. The lowest BCUT2D eigenvalue weighted by Crippen LogP contribution is -3.00. The summed E-state index contributed by atoms with van der Waals surface area (Å²) in [6.45, 7) is 0. The van der Waals surface area contributed by atoms with Gasteiger partial charge in [-0.2, -0.15) is 0 Å². The van der Waals surface area contributed by atoms with Crippen molar-refractivity contribution in [3.63, 3.8) is 0 Å². The lowest BCUT2D eigenvalue weighted by molar-refractivity contribution is -0.00000809. The van der Waals surface area contributed by atoms with E-state index < -0.39 is 7.54 Å². The first-order valence-electron chi connectivity index (χ1n) is 8.70. The lowest BCUT2D eigenvalue weighted by atomic mass is 10.0. The number of benzene rings is 3. The molecule has 4 aromatic rings. The van der Waals surface area contributed by atoms with Crippen LogP contribution >= 0.6 is 11.3 Å². The van der Waals surface area contributed by atoms with Gasteiger partial charge in [0.1, 0.15) is 0 Å². The zero-order chi connectivity index (χ0) is 19.8. The fraction of sp³-hybridized carbons (Fsp3) is 0. The molecule has 1 heterocycles. The fourth-order valence-electron chi connectivity index (χ4n) is 2.79. The van der Waals surface area contributed by atoms with Crippen molar-refractivity contribution < 1.29 is 17.7 Å². The summed E-state index contributed by atoms with van der Waals surface area (Å²) in [7, 11) is -3.67. The number of rotatable bonds is 3. The summed E-state index contributed by atoms with van der Waals surface area (Å²) in [6.07, 6.45) is 0. The van der Waals surface area contributed by atoms with Crippen molar-refractivity contribution in [2.24, 2.45) is 0 Å². The van der Waals surface area contributed by atoms with Crippen molar-refractivity contribution in [1.82, 2.24) is 0 Å². The third kappa shape index (κ3) is 6.54. The van der Waals surface area contributed by atoms with E-state index in [4.69, 9.17) is 0 Å². The summed E-state index contributed by atoms with van der Waals surface area (Å²) in [5.74, 6) is 0. The topological polar surface area (TPSA) is 0 Å². The van der Waals surface area contributed by atoms with Crippen LogP contribution in [0.4, 0.5) is 12.9 Å². The van der Waals surface area contributed by atoms with Gasteiger partial charge in [0, 0.05) is 23.3 Å². The lowest BCUT2D eigenvalue weighted by Gasteiger charge is -2.02. The first-order chi connectivity index (χ1) is 13.6. The van der Waals surface area contributed by atoms with E-state index in [1.54, 1.807) is 0 Å². The summed E-state index contributed by atoms with van der Waals surface area (Å²) in [4.78, 5) is 2.58. The molecule has 0 aliphatic heterocycles. The molecule has 0 radical (unpaired) electrons. The molecule has 0 amide bonds. The standard InChI is InChI=1S/C23H17S.BF3.FH/c1-4-10-18(11-5-1)21-16-22(19-12-6-2-7-13-19)24-23(17-21)20-14-8-3-9-15-20;2-1(3)4;/h1-17H;;1H/q+1;;/p-1. The van der Waals surface area contributed by atoms with Gasteiger partial charge in [-0.15, -0.1) is 0 Å². The Labute approximate surface area is 171 Å². The Kier molecular flexibility index (Phi) is 8.55. The maximum Gasteiger partial charge on any atom is 0.762 e. The molecule has 0 nitrogen and oxygen atoms in total. The number of hydrogen-bond donors (Lipinski definition) is 0. The minimum absolute atomic E-state index is 0. The summed E-state index contributed by atoms with van der Waals surface area (Å²) in [5, 5.41) is 0. The molecule has 0 atom stereocenters. The van der Waals surface area contributed by atoms with Gasteiger partial charge in [0.05, 0.1) is 0 Å². The average molecular weight is 412 g/mol. The van der Waals surface area contributed by atoms with E-state index >= 15 is 0 Å². The summed E-state index contributed by atoms with van der Waals surface area (Å²) in [5.41, 5.74) is 5.03. The molecule has 0 aliphatic rings. The van der Waals surface area contributed by atoms with Gasteiger partial charge in [0.15, 0.2) is 0 Å². The highest BCUT2D eigenvalue weighted by Gasteiger charge is 2.18. The molecule has 0 unspecified atom stereocenters. The van der Waals surface area contributed by atoms with Crippen molar-refractivity contribution in [2.75, 3.05) is 0 Å². The quantitative estimate of drug-likeness (QED) is 0.255. The SMILES string of the molecule is FB(F)F.[F-].c1ccc(-c2cc(-c3ccccc3)[s+]c(-c3ccccc3)c2)cc1. The molecule has 0 saturated carbocycles.